The predicted octanol–water partition coefficient (Wildman–Crippen LogP) is 3.69. The first-order valence-electron chi connectivity index (χ1n) is 7.31. The van der Waals surface area contributed by atoms with Crippen LogP contribution in [0.4, 0.5) is 11.4 Å². The molecule has 0 saturated carbocycles. The Morgan fingerprint density at radius 2 is 1.52 bits per heavy atom. The van der Waals surface area contributed by atoms with Crippen LogP contribution in [0.3, 0.4) is 0 Å². The van der Waals surface area contributed by atoms with Gasteiger partial charge in [0, 0.05) is 29.2 Å². The molecule has 1 heterocycles. The molecule has 3 aromatic rings. The molecule has 0 fully saturated rings. The number of aromatic amines is 1. The van der Waals surface area contributed by atoms with Crippen LogP contribution in [0.5, 0.6) is 0 Å². The number of rotatable bonds is 3. The third-order valence-electron chi connectivity index (χ3n) is 3.66. The lowest BCUT2D eigenvalue weighted by molar-refractivity contribution is -0.114. The van der Waals surface area contributed by atoms with Crippen molar-refractivity contribution < 1.29 is 9.59 Å². The number of nitrogens with one attached hydrogen (secondary N) is 3. The average Bonchev–Trinajstić information content (AvgIpc) is 2.86. The van der Waals surface area contributed by atoms with Crippen LogP contribution in [-0.4, -0.2) is 16.8 Å². The highest BCUT2D eigenvalue weighted by molar-refractivity contribution is 6.07. The molecular formula is C18H17N3O2. The van der Waals surface area contributed by atoms with E-state index < -0.39 is 0 Å². The third-order valence-corrected chi connectivity index (χ3v) is 3.66. The highest BCUT2D eigenvalue weighted by Gasteiger charge is 2.14. The molecule has 5 heteroatoms. The molecule has 3 N–H and O–H groups in total. The molecule has 0 unspecified atom stereocenters. The summed E-state index contributed by atoms with van der Waals surface area (Å²) in [5.41, 5.74) is 3.78. The second kappa shape index (κ2) is 5.96. The molecule has 0 atom stereocenters. The van der Waals surface area contributed by atoms with Crippen LogP contribution in [0.1, 0.15) is 23.0 Å². The molecule has 1 aromatic heterocycles. The summed E-state index contributed by atoms with van der Waals surface area (Å²) in [7, 11) is 0. The van der Waals surface area contributed by atoms with Crippen molar-refractivity contribution in [3.05, 3.63) is 59.8 Å². The van der Waals surface area contributed by atoms with Gasteiger partial charge in [-0.15, -0.1) is 0 Å². The molecule has 0 bridgehead atoms. The van der Waals surface area contributed by atoms with Crippen molar-refractivity contribution in [2.24, 2.45) is 0 Å². The number of fused-ring (bicyclic) bond motifs is 1. The van der Waals surface area contributed by atoms with Gasteiger partial charge in [0.1, 0.15) is 5.69 Å². The molecule has 0 aliphatic carbocycles. The molecule has 23 heavy (non-hydrogen) atoms. The summed E-state index contributed by atoms with van der Waals surface area (Å²) in [5, 5.41) is 6.58. The minimum atomic E-state index is -0.189. The Bertz CT molecular complexity index is 879. The number of amides is 2. The van der Waals surface area contributed by atoms with Crippen LogP contribution in [0.25, 0.3) is 10.9 Å². The van der Waals surface area contributed by atoms with Crippen LogP contribution in [0.2, 0.25) is 0 Å². The van der Waals surface area contributed by atoms with Gasteiger partial charge in [-0.3, -0.25) is 9.59 Å². The van der Waals surface area contributed by atoms with Gasteiger partial charge in [-0.05, 0) is 42.8 Å². The van der Waals surface area contributed by atoms with Gasteiger partial charge in [-0.2, -0.15) is 0 Å². The number of carbonyl (C=O) groups is 2. The quantitative estimate of drug-likeness (QED) is 0.690. The van der Waals surface area contributed by atoms with E-state index in [1.807, 2.05) is 31.2 Å². The van der Waals surface area contributed by atoms with E-state index in [9.17, 15) is 9.59 Å². The number of aryl methyl sites for hydroxylation is 1. The molecule has 116 valence electrons. The van der Waals surface area contributed by atoms with Crippen LogP contribution >= 0.6 is 0 Å². The van der Waals surface area contributed by atoms with E-state index in [1.165, 1.54) is 6.92 Å². The van der Waals surface area contributed by atoms with Crippen LogP contribution < -0.4 is 10.6 Å². The maximum atomic E-state index is 12.5. The average molecular weight is 307 g/mol. The Balaban J connectivity index is 1.80. The van der Waals surface area contributed by atoms with E-state index >= 15 is 0 Å². The molecule has 0 aliphatic rings. The minimum Gasteiger partial charge on any atom is -0.350 e. The molecule has 0 radical (unpaired) electrons. The van der Waals surface area contributed by atoms with E-state index in [2.05, 4.69) is 15.6 Å². The number of hydrogen-bond donors (Lipinski definition) is 3. The van der Waals surface area contributed by atoms with Crippen molar-refractivity contribution in [1.82, 2.24) is 4.98 Å². The molecule has 0 aliphatic heterocycles. The van der Waals surface area contributed by atoms with Crippen molar-refractivity contribution in [1.29, 1.82) is 0 Å². The number of aromatic nitrogens is 1. The smallest absolute Gasteiger partial charge is 0.272 e. The number of hydrogen-bond acceptors (Lipinski definition) is 2. The molecule has 5 nitrogen and oxygen atoms in total. The van der Waals surface area contributed by atoms with E-state index in [-0.39, 0.29) is 11.8 Å². The Labute approximate surface area is 133 Å². The highest BCUT2D eigenvalue weighted by atomic mass is 16.2. The fourth-order valence-electron chi connectivity index (χ4n) is 2.54. The monoisotopic (exact) mass is 307 g/mol. The topological polar surface area (TPSA) is 74.0 Å². The maximum Gasteiger partial charge on any atom is 0.272 e. The molecule has 2 aromatic carbocycles. The summed E-state index contributed by atoms with van der Waals surface area (Å²) in [6, 6.07) is 14.8. The minimum absolute atomic E-state index is 0.129. The number of carbonyl (C=O) groups excluding carboxylic acids is 2. The van der Waals surface area contributed by atoms with E-state index in [1.54, 1.807) is 24.3 Å². The lowest BCUT2D eigenvalue weighted by atomic mass is 10.1. The van der Waals surface area contributed by atoms with Gasteiger partial charge < -0.3 is 15.6 Å². The zero-order chi connectivity index (χ0) is 16.4. The summed E-state index contributed by atoms with van der Waals surface area (Å²) in [6.45, 7) is 3.38. The Kier molecular flexibility index (Phi) is 3.85. The second-order valence-corrected chi connectivity index (χ2v) is 5.38. The number of anilines is 2. The third kappa shape index (κ3) is 3.08. The Morgan fingerprint density at radius 3 is 2.13 bits per heavy atom. The molecule has 0 saturated heterocycles. The largest absolute Gasteiger partial charge is 0.350 e. The van der Waals surface area contributed by atoms with Crippen molar-refractivity contribution in [3.8, 4) is 0 Å². The summed E-state index contributed by atoms with van der Waals surface area (Å²) < 4.78 is 0. The Hall–Kier alpha value is -3.08. The van der Waals surface area contributed by atoms with E-state index in [4.69, 9.17) is 0 Å². The zero-order valence-electron chi connectivity index (χ0n) is 12.9. The summed E-state index contributed by atoms with van der Waals surface area (Å²) in [5.74, 6) is -0.318. The van der Waals surface area contributed by atoms with Gasteiger partial charge in [0.25, 0.3) is 5.91 Å². The lowest BCUT2D eigenvalue weighted by Gasteiger charge is -2.06. The molecule has 3 rings (SSSR count). The summed E-state index contributed by atoms with van der Waals surface area (Å²) >= 11 is 0. The van der Waals surface area contributed by atoms with E-state index in [0.717, 1.165) is 16.5 Å². The number of H-pyrrole nitrogens is 1. The van der Waals surface area contributed by atoms with Gasteiger partial charge in [0.2, 0.25) is 5.91 Å². The fraction of sp³-hybridized carbons (Fsp3) is 0.111. The predicted molar refractivity (Wildman–Crippen MR) is 91.7 cm³/mol. The maximum absolute atomic E-state index is 12.5. The van der Waals surface area contributed by atoms with Gasteiger partial charge in [0.15, 0.2) is 0 Å². The first-order chi connectivity index (χ1) is 11.0. The fourth-order valence-corrected chi connectivity index (χ4v) is 2.54. The number of benzene rings is 2. The van der Waals surface area contributed by atoms with Gasteiger partial charge in [-0.25, -0.2) is 0 Å². The Morgan fingerprint density at radius 1 is 0.913 bits per heavy atom. The van der Waals surface area contributed by atoms with E-state index in [0.29, 0.717) is 17.1 Å². The summed E-state index contributed by atoms with van der Waals surface area (Å²) in [4.78, 5) is 26.6. The van der Waals surface area contributed by atoms with Crippen molar-refractivity contribution in [3.63, 3.8) is 0 Å². The van der Waals surface area contributed by atoms with Crippen molar-refractivity contribution in [2.75, 3.05) is 10.6 Å². The molecule has 0 spiro atoms. The highest BCUT2D eigenvalue weighted by Crippen LogP contribution is 2.22. The van der Waals surface area contributed by atoms with Crippen molar-refractivity contribution >= 4 is 34.1 Å². The SMILES string of the molecule is CC(=O)Nc1ccc(NC(=O)c2[nH]c3ccccc3c2C)cc1. The van der Waals surface area contributed by atoms with Crippen LogP contribution in [0.15, 0.2) is 48.5 Å². The second-order valence-electron chi connectivity index (χ2n) is 5.38. The van der Waals surface area contributed by atoms with Crippen molar-refractivity contribution in [2.45, 2.75) is 13.8 Å². The van der Waals surface area contributed by atoms with Crippen LogP contribution in [0, 0.1) is 6.92 Å². The number of para-hydroxylation sites is 1. The first-order valence-corrected chi connectivity index (χ1v) is 7.31. The standard InChI is InChI=1S/C18H17N3O2/c1-11-15-5-3-4-6-16(15)21-17(11)18(23)20-14-9-7-13(8-10-14)19-12(2)22/h3-10,21H,1-2H3,(H,19,22)(H,20,23). The van der Waals surface area contributed by atoms with Crippen LogP contribution in [-0.2, 0) is 4.79 Å². The molecular weight excluding hydrogens is 290 g/mol. The molecule has 2 amide bonds. The zero-order valence-corrected chi connectivity index (χ0v) is 12.9. The lowest BCUT2D eigenvalue weighted by Crippen LogP contribution is -2.13. The van der Waals surface area contributed by atoms with Gasteiger partial charge >= 0.3 is 0 Å². The van der Waals surface area contributed by atoms with Gasteiger partial charge in [0.05, 0.1) is 0 Å². The first kappa shape index (κ1) is 14.8. The van der Waals surface area contributed by atoms with Gasteiger partial charge in [-0.1, -0.05) is 18.2 Å². The normalized spacial score (nSPS) is 10.5. The summed E-state index contributed by atoms with van der Waals surface area (Å²) in [6.07, 6.45) is 0.